The number of methoxy groups -OCH3 is 1. The van der Waals surface area contributed by atoms with Crippen molar-refractivity contribution < 1.29 is 13.9 Å². The summed E-state index contributed by atoms with van der Waals surface area (Å²) in [5, 5.41) is 3.59. The lowest BCUT2D eigenvalue weighted by Crippen LogP contribution is -2.47. The molecule has 2 aliphatic heterocycles. The predicted molar refractivity (Wildman–Crippen MR) is 140 cm³/mol. The molecule has 2 aliphatic rings. The number of rotatable bonds is 6. The van der Waals surface area contributed by atoms with Gasteiger partial charge in [0, 0.05) is 45.7 Å². The number of hydrogen-bond acceptors (Lipinski definition) is 4. The molecule has 8 heteroatoms. The molecule has 2 atom stereocenters. The molecule has 1 N–H and O–H groups in total. The van der Waals surface area contributed by atoms with Crippen LogP contribution >= 0.6 is 24.0 Å². The molecule has 0 amide bonds. The van der Waals surface area contributed by atoms with Crippen molar-refractivity contribution >= 4 is 29.9 Å². The van der Waals surface area contributed by atoms with E-state index < -0.39 is 0 Å². The van der Waals surface area contributed by atoms with E-state index in [1.807, 2.05) is 31.3 Å². The highest BCUT2D eigenvalue weighted by Gasteiger charge is 2.28. The smallest absolute Gasteiger partial charge is 0.193 e. The van der Waals surface area contributed by atoms with Gasteiger partial charge in [-0.1, -0.05) is 24.3 Å². The van der Waals surface area contributed by atoms with E-state index in [1.165, 1.54) is 17.7 Å². The number of hydrogen-bond donors (Lipinski definition) is 1. The van der Waals surface area contributed by atoms with Crippen LogP contribution in [-0.2, 0) is 4.74 Å². The minimum atomic E-state index is -0.208. The monoisotopic (exact) mass is 568 g/mol. The Hall–Kier alpha value is -1.91. The number of halogens is 2. The molecule has 2 heterocycles. The number of ether oxygens (including phenoxy) is 2. The lowest BCUT2D eigenvalue weighted by Gasteiger charge is -2.35. The summed E-state index contributed by atoms with van der Waals surface area (Å²) in [6, 6.07) is 15.4. The van der Waals surface area contributed by atoms with E-state index in [2.05, 4.69) is 32.2 Å². The molecule has 2 aromatic rings. The average molecular weight is 568 g/mol. The number of guanidine groups is 1. The van der Waals surface area contributed by atoms with Gasteiger partial charge in [0.05, 0.1) is 26.4 Å². The van der Waals surface area contributed by atoms with Crippen molar-refractivity contribution in [2.24, 2.45) is 4.99 Å². The molecule has 0 radical (unpaired) electrons. The molecule has 2 unspecified atom stereocenters. The average Bonchev–Trinajstić information content (AvgIpc) is 3.33. The van der Waals surface area contributed by atoms with Gasteiger partial charge in [-0.05, 0) is 41.8 Å². The topological polar surface area (TPSA) is 49.3 Å². The highest BCUT2D eigenvalue weighted by Crippen LogP contribution is 2.29. The van der Waals surface area contributed by atoms with Gasteiger partial charge in [-0.3, -0.25) is 9.89 Å². The van der Waals surface area contributed by atoms with Crippen LogP contribution < -0.4 is 10.1 Å². The lowest BCUT2D eigenvalue weighted by atomic mass is 9.98. The van der Waals surface area contributed by atoms with Gasteiger partial charge < -0.3 is 19.7 Å². The van der Waals surface area contributed by atoms with E-state index in [4.69, 9.17) is 9.47 Å². The van der Waals surface area contributed by atoms with Crippen LogP contribution in [0.25, 0.3) is 0 Å². The van der Waals surface area contributed by atoms with Crippen molar-refractivity contribution in [2.45, 2.75) is 18.4 Å². The first kappa shape index (κ1) is 25.7. The Morgan fingerprint density at radius 3 is 2.45 bits per heavy atom. The van der Waals surface area contributed by atoms with Crippen LogP contribution in [0, 0.1) is 5.82 Å². The van der Waals surface area contributed by atoms with E-state index in [0.717, 1.165) is 63.1 Å². The fraction of sp³-hybridized carbons (Fsp3) is 0.480. The molecule has 180 valence electrons. The Labute approximate surface area is 213 Å². The van der Waals surface area contributed by atoms with Gasteiger partial charge in [-0.2, -0.15) is 0 Å². The Kier molecular flexibility index (Phi) is 9.76. The highest BCUT2D eigenvalue weighted by molar-refractivity contribution is 14.0. The summed E-state index contributed by atoms with van der Waals surface area (Å²) >= 11 is 0. The third kappa shape index (κ3) is 6.58. The molecule has 4 rings (SSSR count). The van der Waals surface area contributed by atoms with Crippen LogP contribution in [0.2, 0.25) is 0 Å². The van der Waals surface area contributed by atoms with Gasteiger partial charge in [0.2, 0.25) is 0 Å². The summed E-state index contributed by atoms with van der Waals surface area (Å²) in [4.78, 5) is 9.29. The number of morpholine rings is 1. The van der Waals surface area contributed by atoms with Crippen LogP contribution in [0.5, 0.6) is 5.75 Å². The third-order valence-corrected chi connectivity index (χ3v) is 6.48. The Balaban J connectivity index is 0.00000306. The largest absolute Gasteiger partial charge is 0.497 e. The van der Waals surface area contributed by atoms with Gasteiger partial charge in [0.15, 0.2) is 5.96 Å². The molecule has 0 spiro atoms. The van der Waals surface area contributed by atoms with Crippen molar-refractivity contribution in [3.05, 3.63) is 65.5 Å². The predicted octanol–water partition coefficient (Wildman–Crippen LogP) is 3.89. The number of benzene rings is 2. The first-order chi connectivity index (χ1) is 15.7. The molecule has 0 aliphatic carbocycles. The van der Waals surface area contributed by atoms with Crippen molar-refractivity contribution in [1.82, 2.24) is 15.1 Å². The van der Waals surface area contributed by atoms with Gasteiger partial charge in [-0.15, -0.1) is 24.0 Å². The zero-order valence-corrected chi connectivity index (χ0v) is 21.7. The normalized spacial score (nSPS) is 20.3. The minimum absolute atomic E-state index is 0. The Bertz CT molecular complexity index is 888. The fourth-order valence-electron chi connectivity index (χ4n) is 4.65. The quantitative estimate of drug-likeness (QED) is 0.326. The fourth-order valence-corrected chi connectivity index (χ4v) is 4.65. The molecule has 2 saturated heterocycles. The zero-order chi connectivity index (χ0) is 22.3. The van der Waals surface area contributed by atoms with Gasteiger partial charge in [0.1, 0.15) is 11.6 Å². The lowest BCUT2D eigenvalue weighted by molar-refractivity contribution is 0.0169. The summed E-state index contributed by atoms with van der Waals surface area (Å²) in [7, 11) is 3.53. The van der Waals surface area contributed by atoms with Gasteiger partial charge >= 0.3 is 0 Å². The van der Waals surface area contributed by atoms with Crippen LogP contribution in [0.3, 0.4) is 0 Å². The maximum atomic E-state index is 13.5. The van der Waals surface area contributed by atoms with Crippen LogP contribution in [0.15, 0.2) is 53.5 Å². The van der Waals surface area contributed by atoms with E-state index in [9.17, 15) is 4.39 Å². The molecule has 0 aromatic heterocycles. The standard InChI is InChI=1S/C25H33FN4O2.HI/c1-27-25(30-12-11-21(18-30)19-5-9-23(31-2)10-6-19)28-17-24(29-13-15-32-16-14-29)20-3-7-22(26)8-4-20;/h3-10,21,24H,11-18H2,1-2H3,(H,27,28);1H. The summed E-state index contributed by atoms with van der Waals surface area (Å²) in [5.41, 5.74) is 2.44. The zero-order valence-electron chi connectivity index (χ0n) is 19.4. The van der Waals surface area contributed by atoms with Crippen molar-refractivity contribution in [3.8, 4) is 5.75 Å². The van der Waals surface area contributed by atoms with Crippen LogP contribution in [0.1, 0.15) is 29.5 Å². The van der Waals surface area contributed by atoms with E-state index in [0.29, 0.717) is 12.5 Å². The molecule has 2 fully saturated rings. The van der Waals surface area contributed by atoms with E-state index in [1.54, 1.807) is 7.11 Å². The summed E-state index contributed by atoms with van der Waals surface area (Å²) in [6.45, 7) is 5.79. The molecular formula is C25H34FIN4O2. The van der Waals surface area contributed by atoms with Crippen molar-refractivity contribution in [3.63, 3.8) is 0 Å². The van der Waals surface area contributed by atoms with Crippen molar-refractivity contribution in [1.29, 1.82) is 0 Å². The maximum absolute atomic E-state index is 13.5. The first-order valence-electron chi connectivity index (χ1n) is 11.3. The molecule has 33 heavy (non-hydrogen) atoms. The van der Waals surface area contributed by atoms with Crippen LogP contribution in [0.4, 0.5) is 4.39 Å². The first-order valence-corrected chi connectivity index (χ1v) is 11.3. The molecule has 0 saturated carbocycles. The second kappa shape index (κ2) is 12.5. The summed E-state index contributed by atoms with van der Waals surface area (Å²) in [6.07, 6.45) is 1.10. The second-order valence-electron chi connectivity index (χ2n) is 8.35. The van der Waals surface area contributed by atoms with E-state index in [-0.39, 0.29) is 35.8 Å². The number of nitrogens with one attached hydrogen (secondary N) is 1. The minimum Gasteiger partial charge on any atom is -0.497 e. The number of nitrogens with zero attached hydrogens (tertiary/aromatic N) is 3. The van der Waals surface area contributed by atoms with Crippen molar-refractivity contribution in [2.75, 3.05) is 60.1 Å². The molecule has 6 nitrogen and oxygen atoms in total. The van der Waals surface area contributed by atoms with Gasteiger partial charge in [0.25, 0.3) is 0 Å². The SMILES string of the molecule is CN=C(NCC(c1ccc(F)cc1)N1CCOCC1)N1CCC(c2ccc(OC)cc2)C1.I. The number of aliphatic imine (C=N–C) groups is 1. The number of likely N-dealkylation sites (tertiary alicyclic amines) is 1. The summed E-state index contributed by atoms with van der Waals surface area (Å²) < 4.78 is 24.3. The molecule has 2 aromatic carbocycles. The summed E-state index contributed by atoms with van der Waals surface area (Å²) in [5.74, 6) is 2.07. The Morgan fingerprint density at radius 2 is 1.82 bits per heavy atom. The Morgan fingerprint density at radius 1 is 1.12 bits per heavy atom. The van der Waals surface area contributed by atoms with Gasteiger partial charge in [-0.25, -0.2) is 4.39 Å². The third-order valence-electron chi connectivity index (χ3n) is 6.48. The maximum Gasteiger partial charge on any atom is 0.193 e. The highest BCUT2D eigenvalue weighted by atomic mass is 127. The molecule has 0 bridgehead atoms. The second-order valence-corrected chi connectivity index (χ2v) is 8.35. The van der Waals surface area contributed by atoms with Crippen LogP contribution in [-0.4, -0.2) is 75.9 Å². The van der Waals surface area contributed by atoms with E-state index >= 15 is 0 Å². The molecular weight excluding hydrogens is 534 g/mol.